The highest BCUT2D eigenvalue weighted by Gasteiger charge is 2.17. The molecule has 0 bridgehead atoms. The number of tetrazole rings is 1. The largest absolute Gasteiger partial charge is 0.497 e. The van der Waals surface area contributed by atoms with Crippen LogP contribution in [0.25, 0.3) is 16.4 Å². The van der Waals surface area contributed by atoms with Crippen LogP contribution in [0.15, 0.2) is 43.8 Å². The summed E-state index contributed by atoms with van der Waals surface area (Å²) in [5, 5.41) is 18.5. The van der Waals surface area contributed by atoms with Crippen LogP contribution in [-0.4, -0.2) is 44.6 Å². The van der Waals surface area contributed by atoms with Gasteiger partial charge in [-0.15, -0.1) is 16.4 Å². The summed E-state index contributed by atoms with van der Waals surface area (Å²) in [7, 11) is 3.19. The first-order valence-corrected chi connectivity index (χ1v) is 10.5. The van der Waals surface area contributed by atoms with Gasteiger partial charge in [0, 0.05) is 15.9 Å². The zero-order valence-corrected chi connectivity index (χ0v) is 17.9. The first kappa shape index (κ1) is 18.9. The van der Waals surface area contributed by atoms with Crippen molar-refractivity contribution in [3.05, 3.63) is 40.0 Å². The lowest BCUT2D eigenvalue weighted by molar-refractivity contribution is 0.391. The molecule has 28 heavy (non-hydrogen) atoms. The van der Waals surface area contributed by atoms with Crippen LogP contribution in [0.2, 0.25) is 0 Å². The number of halogens is 1. The highest BCUT2D eigenvalue weighted by molar-refractivity contribution is 9.10. The molecule has 0 aliphatic carbocycles. The molecule has 4 aromatic rings. The molecule has 4 rings (SSSR count). The van der Waals surface area contributed by atoms with Crippen molar-refractivity contribution in [2.45, 2.75) is 10.9 Å². The van der Waals surface area contributed by atoms with Gasteiger partial charge in [0.25, 0.3) is 0 Å². The van der Waals surface area contributed by atoms with Gasteiger partial charge in [0.05, 0.1) is 24.8 Å². The van der Waals surface area contributed by atoms with Crippen molar-refractivity contribution in [1.29, 1.82) is 0 Å². The highest BCUT2D eigenvalue weighted by atomic mass is 79.9. The SMILES string of the molecule is COc1ccc(OC)c(-n2nnnc2SCc2nc(-c3cc(Br)cs3)no2)c1. The second-order valence-electron chi connectivity index (χ2n) is 5.34. The molecular formula is C16H13BrN6O3S2. The van der Waals surface area contributed by atoms with Crippen LogP contribution in [0.3, 0.4) is 0 Å². The van der Waals surface area contributed by atoms with E-state index in [1.54, 1.807) is 31.0 Å². The summed E-state index contributed by atoms with van der Waals surface area (Å²) in [6.07, 6.45) is 0. The molecule has 3 aromatic heterocycles. The molecule has 0 radical (unpaired) electrons. The average molecular weight is 481 g/mol. The van der Waals surface area contributed by atoms with Gasteiger partial charge in [0.15, 0.2) is 0 Å². The minimum Gasteiger partial charge on any atom is -0.497 e. The van der Waals surface area contributed by atoms with E-state index in [4.69, 9.17) is 14.0 Å². The van der Waals surface area contributed by atoms with Crippen LogP contribution in [-0.2, 0) is 5.75 Å². The van der Waals surface area contributed by atoms with Crippen molar-refractivity contribution in [2.24, 2.45) is 0 Å². The molecule has 3 heterocycles. The Labute approximate surface area is 176 Å². The van der Waals surface area contributed by atoms with Gasteiger partial charge in [-0.05, 0) is 44.6 Å². The monoisotopic (exact) mass is 480 g/mol. The molecule has 12 heteroatoms. The Hall–Kier alpha value is -2.44. The van der Waals surface area contributed by atoms with Gasteiger partial charge in [-0.3, -0.25) is 0 Å². The fraction of sp³-hybridized carbons (Fsp3) is 0.188. The number of hydrogen-bond donors (Lipinski definition) is 0. The quantitative estimate of drug-likeness (QED) is 0.365. The van der Waals surface area contributed by atoms with E-state index in [-0.39, 0.29) is 0 Å². The Morgan fingerprint density at radius 3 is 2.89 bits per heavy atom. The number of aromatic nitrogens is 6. The number of thioether (sulfide) groups is 1. The van der Waals surface area contributed by atoms with Crippen LogP contribution >= 0.6 is 39.0 Å². The number of nitrogens with zero attached hydrogens (tertiary/aromatic N) is 6. The lowest BCUT2D eigenvalue weighted by atomic mass is 10.3. The van der Waals surface area contributed by atoms with Gasteiger partial charge in [-0.25, -0.2) is 0 Å². The van der Waals surface area contributed by atoms with E-state index < -0.39 is 0 Å². The molecule has 0 amide bonds. The fourth-order valence-electron chi connectivity index (χ4n) is 2.35. The van der Waals surface area contributed by atoms with Gasteiger partial charge in [-0.2, -0.15) is 9.67 Å². The van der Waals surface area contributed by atoms with Gasteiger partial charge < -0.3 is 14.0 Å². The first-order valence-electron chi connectivity index (χ1n) is 7.88. The average Bonchev–Trinajstić information content (AvgIpc) is 3.46. The minimum absolute atomic E-state index is 0.423. The molecule has 0 saturated heterocycles. The molecule has 0 aliphatic heterocycles. The maximum Gasteiger partial charge on any atom is 0.237 e. The van der Waals surface area contributed by atoms with E-state index in [9.17, 15) is 0 Å². The summed E-state index contributed by atoms with van der Waals surface area (Å²) in [4.78, 5) is 5.35. The number of thiophene rings is 1. The summed E-state index contributed by atoms with van der Waals surface area (Å²) in [5.41, 5.74) is 0.670. The van der Waals surface area contributed by atoms with E-state index >= 15 is 0 Å². The maximum absolute atomic E-state index is 5.42. The first-order chi connectivity index (χ1) is 13.7. The van der Waals surface area contributed by atoms with Crippen LogP contribution in [0.4, 0.5) is 0 Å². The van der Waals surface area contributed by atoms with Crippen molar-refractivity contribution in [3.63, 3.8) is 0 Å². The topological polar surface area (TPSA) is 101 Å². The summed E-state index contributed by atoms with van der Waals surface area (Å²) >= 11 is 6.34. The third kappa shape index (κ3) is 3.88. The van der Waals surface area contributed by atoms with Crippen LogP contribution in [0.5, 0.6) is 11.5 Å². The molecule has 9 nitrogen and oxygen atoms in total. The zero-order valence-electron chi connectivity index (χ0n) is 14.7. The molecule has 0 N–H and O–H groups in total. The minimum atomic E-state index is 0.423. The van der Waals surface area contributed by atoms with Crippen molar-refractivity contribution in [1.82, 2.24) is 30.3 Å². The van der Waals surface area contributed by atoms with Crippen molar-refractivity contribution < 1.29 is 14.0 Å². The Bertz CT molecular complexity index is 1100. The standard InChI is InChI=1S/C16H13BrN6O3S2/c1-24-10-3-4-12(25-2)11(6-10)23-16(19-21-22-23)28-8-14-18-15(20-26-14)13-5-9(17)7-27-13/h3-7H,8H2,1-2H3. The molecule has 0 atom stereocenters. The summed E-state index contributed by atoms with van der Waals surface area (Å²) in [6.45, 7) is 0. The summed E-state index contributed by atoms with van der Waals surface area (Å²) in [6, 6.07) is 7.36. The molecule has 0 fully saturated rings. The second kappa shape index (κ2) is 8.29. The second-order valence-corrected chi connectivity index (χ2v) is 8.11. The highest BCUT2D eigenvalue weighted by Crippen LogP contribution is 2.31. The van der Waals surface area contributed by atoms with Crippen molar-refractivity contribution >= 4 is 39.0 Å². The molecule has 0 spiro atoms. The molecule has 144 valence electrons. The Kier molecular flexibility index (Phi) is 5.59. The van der Waals surface area contributed by atoms with E-state index in [0.717, 1.165) is 9.35 Å². The van der Waals surface area contributed by atoms with Crippen LogP contribution in [0.1, 0.15) is 5.89 Å². The van der Waals surface area contributed by atoms with E-state index in [2.05, 4.69) is 41.6 Å². The molecular weight excluding hydrogens is 468 g/mol. The van der Waals surface area contributed by atoms with E-state index in [1.165, 1.54) is 23.1 Å². The van der Waals surface area contributed by atoms with Crippen molar-refractivity contribution in [3.8, 4) is 27.9 Å². The molecule has 0 saturated carbocycles. The number of ether oxygens (including phenoxy) is 2. The Morgan fingerprint density at radius 1 is 1.25 bits per heavy atom. The third-order valence-electron chi connectivity index (χ3n) is 3.64. The Balaban J connectivity index is 1.54. The van der Waals surface area contributed by atoms with Crippen LogP contribution < -0.4 is 9.47 Å². The molecule has 0 unspecified atom stereocenters. The van der Waals surface area contributed by atoms with E-state index in [1.807, 2.05) is 17.5 Å². The molecule has 1 aromatic carbocycles. The third-order valence-corrected chi connectivity index (χ3v) is 6.23. The number of methoxy groups -OCH3 is 2. The van der Waals surface area contributed by atoms with Gasteiger partial charge in [-0.1, -0.05) is 16.9 Å². The zero-order chi connectivity index (χ0) is 19.5. The van der Waals surface area contributed by atoms with E-state index in [0.29, 0.717) is 39.8 Å². The normalized spacial score (nSPS) is 11.0. The number of rotatable bonds is 7. The summed E-state index contributed by atoms with van der Waals surface area (Å²) < 4.78 is 18.6. The lowest BCUT2D eigenvalue weighted by Crippen LogP contribution is -2.02. The number of hydrogen-bond acceptors (Lipinski definition) is 10. The van der Waals surface area contributed by atoms with Gasteiger partial charge in [0.1, 0.15) is 17.2 Å². The Morgan fingerprint density at radius 2 is 2.14 bits per heavy atom. The predicted octanol–water partition coefficient (Wildman–Crippen LogP) is 3.85. The smallest absolute Gasteiger partial charge is 0.237 e. The van der Waals surface area contributed by atoms with Gasteiger partial charge >= 0.3 is 0 Å². The van der Waals surface area contributed by atoms with Crippen LogP contribution in [0, 0.1) is 0 Å². The van der Waals surface area contributed by atoms with Crippen molar-refractivity contribution in [2.75, 3.05) is 14.2 Å². The predicted molar refractivity (Wildman–Crippen MR) is 107 cm³/mol. The lowest BCUT2D eigenvalue weighted by Gasteiger charge is -2.10. The maximum atomic E-state index is 5.42. The summed E-state index contributed by atoms with van der Waals surface area (Å²) in [5.74, 6) is 2.76. The molecule has 0 aliphatic rings. The van der Waals surface area contributed by atoms with Gasteiger partial charge in [0.2, 0.25) is 16.9 Å². The number of benzene rings is 1. The fourth-order valence-corrected chi connectivity index (χ4v) is 4.43.